The Hall–Kier alpha value is -2.70. The van der Waals surface area contributed by atoms with Gasteiger partial charge in [-0.05, 0) is 25.5 Å². The van der Waals surface area contributed by atoms with Crippen LogP contribution in [-0.4, -0.2) is 32.8 Å². The molecule has 1 aromatic carbocycles. The number of carbonyl (C=O) groups excluding carboxylic acids is 2. The van der Waals surface area contributed by atoms with E-state index in [1.807, 2.05) is 0 Å². The van der Waals surface area contributed by atoms with Crippen LogP contribution in [0, 0.1) is 0 Å². The summed E-state index contributed by atoms with van der Waals surface area (Å²) < 4.78 is 16.0. The van der Waals surface area contributed by atoms with E-state index in [-0.39, 0.29) is 6.03 Å². The van der Waals surface area contributed by atoms with Crippen LogP contribution >= 0.6 is 0 Å². The van der Waals surface area contributed by atoms with Crippen LogP contribution in [0.3, 0.4) is 0 Å². The van der Waals surface area contributed by atoms with Crippen molar-refractivity contribution < 1.29 is 23.8 Å². The lowest BCUT2D eigenvalue weighted by atomic mass is 9.94. The first-order valence-electron chi connectivity index (χ1n) is 8.69. The van der Waals surface area contributed by atoms with E-state index in [0.717, 1.165) is 19.3 Å². The molecule has 0 saturated carbocycles. The molecule has 26 heavy (non-hydrogen) atoms. The lowest BCUT2D eigenvalue weighted by Gasteiger charge is -2.29. The van der Waals surface area contributed by atoms with Gasteiger partial charge in [-0.15, -0.1) is 0 Å². The lowest BCUT2D eigenvalue weighted by Crippen LogP contribution is -2.45. The molecule has 1 heterocycles. The molecule has 2 amide bonds. The number of hydrogen-bond acceptors (Lipinski definition) is 5. The van der Waals surface area contributed by atoms with Crippen LogP contribution in [-0.2, 0) is 9.53 Å². The molecule has 1 aromatic rings. The molecule has 0 fully saturated rings. The summed E-state index contributed by atoms with van der Waals surface area (Å²) in [5, 5.41) is 5.41. The molecule has 0 bridgehead atoms. The maximum absolute atomic E-state index is 12.6. The van der Waals surface area contributed by atoms with E-state index in [4.69, 9.17) is 14.2 Å². The quantitative estimate of drug-likeness (QED) is 0.548. The summed E-state index contributed by atoms with van der Waals surface area (Å²) in [5.74, 6) is 0.685. The van der Waals surface area contributed by atoms with E-state index in [1.165, 1.54) is 7.11 Å². The Labute approximate surface area is 153 Å². The van der Waals surface area contributed by atoms with Crippen LogP contribution in [0.2, 0.25) is 0 Å². The van der Waals surface area contributed by atoms with E-state index >= 15 is 0 Å². The van der Waals surface area contributed by atoms with Gasteiger partial charge in [-0.1, -0.05) is 19.8 Å². The summed E-state index contributed by atoms with van der Waals surface area (Å²) in [6.45, 7) is 4.12. The molecular weight excluding hydrogens is 336 g/mol. The van der Waals surface area contributed by atoms with Gasteiger partial charge in [-0.2, -0.15) is 0 Å². The van der Waals surface area contributed by atoms with E-state index in [1.54, 1.807) is 32.2 Å². The first kappa shape index (κ1) is 19.6. The van der Waals surface area contributed by atoms with Crippen molar-refractivity contribution in [1.82, 2.24) is 10.6 Å². The summed E-state index contributed by atoms with van der Waals surface area (Å²) in [6.07, 6.45) is 2.85. The Morgan fingerprint density at radius 3 is 2.62 bits per heavy atom. The number of methoxy groups -OCH3 is 2. The van der Waals surface area contributed by atoms with Gasteiger partial charge >= 0.3 is 12.0 Å². The number of esters is 1. The topological polar surface area (TPSA) is 85.9 Å². The number of amides is 2. The predicted molar refractivity (Wildman–Crippen MR) is 97.1 cm³/mol. The van der Waals surface area contributed by atoms with Gasteiger partial charge in [0.1, 0.15) is 11.5 Å². The zero-order valence-corrected chi connectivity index (χ0v) is 15.7. The predicted octanol–water partition coefficient (Wildman–Crippen LogP) is 3.07. The lowest BCUT2D eigenvalue weighted by molar-refractivity contribution is -0.139. The maximum Gasteiger partial charge on any atom is 0.338 e. The van der Waals surface area contributed by atoms with Gasteiger partial charge in [0, 0.05) is 17.3 Å². The highest BCUT2D eigenvalue weighted by Crippen LogP contribution is 2.35. The smallest absolute Gasteiger partial charge is 0.338 e. The van der Waals surface area contributed by atoms with Crippen LogP contribution in [0.5, 0.6) is 11.5 Å². The van der Waals surface area contributed by atoms with Gasteiger partial charge in [0.15, 0.2) is 0 Å². The van der Waals surface area contributed by atoms with E-state index in [2.05, 4.69) is 17.6 Å². The maximum atomic E-state index is 12.6. The molecule has 1 unspecified atom stereocenters. The van der Waals surface area contributed by atoms with Crippen molar-refractivity contribution in [2.75, 3.05) is 20.8 Å². The van der Waals surface area contributed by atoms with E-state index in [9.17, 15) is 9.59 Å². The zero-order chi connectivity index (χ0) is 19.1. The van der Waals surface area contributed by atoms with Crippen molar-refractivity contribution in [3.8, 4) is 11.5 Å². The standard InChI is InChI=1S/C19H26N2O5/c1-5-6-7-10-26-18(22)16-12(2)20-19(23)21-17(16)14-9-8-13(24-3)11-15(14)25-4/h8-9,11,17H,5-7,10H2,1-4H3,(H2,20,21,23). The van der Waals surface area contributed by atoms with Gasteiger partial charge in [-0.3, -0.25) is 0 Å². The largest absolute Gasteiger partial charge is 0.497 e. The zero-order valence-electron chi connectivity index (χ0n) is 15.7. The third-order valence-corrected chi connectivity index (χ3v) is 4.22. The molecule has 0 aliphatic carbocycles. The molecule has 0 radical (unpaired) electrons. The van der Waals surface area contributed by atoms with Crippen LogP contribution in [0.1, 0.15) is 44.7 Å². The molecule has 1 aliphatic heterocycles. The number of benzene rings is 1. The molecule has 0 saturated heterocycles. The highest BCUT2D eigenvalue weighted by Gasteiger charge is 2.34. The third kappa shape index (κ3) is 4.47. The highest BCUT2D eigenvalue weighted by molar-refractivity contribution is 5.95. The molecule has 1 aliphatic rings. The van der Waals surface area contributed by atoms with Crippen molar-refractivity contribution in [1.29, 1.82) is 0 Å². The first-order valence-corrected chi connectivity index (χ1v) is 8.69. The van der Waals surface area contributed by atoms with Crippen molar-refractivity contribution in [3.05, 3.63) is 35.0 Å². The van der Waals surface area contributed by atoms with Gasteiger partial charge in [0.2, 0.25) is 0 Å². The van der Waals surface area contributed by atoms with Crippen LogP contribution < -0.4 is 20.1 Å². The second-order valence-corrected chi connectivity index (χ2v) is 6.02. The monoisotopic (exact) mass is 362 g/mol. The molecule has 142 valence electrons. The number of allylic oxidation sites excluding steroid dienone is 1. The summed E-state index contributed by atoms with van der Waals surface area (Å²) in [5.41, 5.74) is 1.49. The second-order valence-electron chi connectivity index (χ2n) is 6.02. The summed E-state index contributed by atoms with van der Waals surface area (Å²) >= 11 is 0. The fourth-order valence-electron chi connectivity index (χ4n) is 2.85. The van der Waals surface area contributed by atoms with Gasteiger partial charge in [-0.25, -0.2) is 9.59 Å². The van der Waals surface area contributed by atoms with E-state index < -0.39 is 12.0 Å². The molecule has 1 atom stereocenters. The van der Waals surface area contributed by atoms with Gasteiger partial charge in [0.25, 0.3) is 0 Å². The average molecular weight is 362 g/mol. The third-order valence-electron chi connectivity index (χ3n) is 4.22. The van der Waals surface area contributed by atoms with Crippen molar-refractivity contribution >= 4 is 12.0 Å². The molecule has 2 N–H and O–H groups in total. The van der Waals surface area contributed by atoms with Gasteiger partial charge in [0.05, 0.1) is 32.4 Å². The fraction of sp³-hybridized carbons (Fsp3) is 0.474. The number of rotatable bonds is 8. The van der Waals surface area contributed by atoms with Crippen molar-refractivity contribution in [3.63, 3.8) is 0 Å². The molecule has 0 aromatic heterocycles. The molecule has 7 heteroatoms. The molecule has 0 spiro atoms. The summed E-state index contributed by atoms with van der Waals surface area (Å²) in [6, 6.07) is 4.19. The van der Waals surface area contributed by atoms with E-state index in [0.29, 0.717) is 34.9 Å². The molecular formula is C19H26N2O5. The van der Waals surface area contributed by atoms with Crippen LogP contribution in [0.15, 0.2) is 29.5 Å². The average Bonchev–Trinajstić information content (AvgIpc) is 2.63. The highest BCUT2D eigenvalue weighted by atomic mass is 16.5. The number of ether oxygens (including phenoxy) is 3. The first-order chi connectivity index (χ1) is 12.5. The van der Waals surface area contributed by atoms with Crippen molar-refractivity contribution in [2.24, 2.45) is 0 Å². The van der Waals surface area contributed by atoms with Gasteiger partial charge < -0.3 is 24.8 Å². The summed E-state index contributed by atoms with van der Waals surface area (Å²) in [4.78, 5) is 24.6. The molecule has 7 nitrogen and oxygen atoms in total. The number of urea groups is 1. The fourth-order valence-corrected chi connectivity index (χ4v) is 2.85. The number of carbonyl (C=O) groups is 2. The Morgan fingerprint density at radius 1 is 1.19 bits per heavy atom. The number of hydrogen-bond donors (Lipinski definition) is 2. The minimum atomic E-state index is -0.664. The SMILES string of the molecule is CCCCCOC(=O)C1=C(C)NC(=O)NC1c1ccc(OC)cc1OC. The molecule has 2 rings (SSSR count). The summed E-state index contributed by atoms with van der Waals surface area (Å²) in [7, 11) is 3.09. The van der Waals surface area contributed by atoms with Crippen LogP contribution in [0.25, 0.3) is 0 Å². The Morgan fingerprint density at radius 2 is 1.96 bits per heavy atom. The van der Waals surface area contributed by atoms with Crippen LogP contribution in [0.4, 0.5) is 4.79 Å². The normalized spacial score (nSPS) is 16.6. The Kier molecular flexibility index (Phi) is 6.89. The van der Waals surface area contributed by atoms with Crippen molar-refractivity contribution in [2.45, 2.75) is 39.2 Å². The second kappa shape index (κ2) is 9.12. The number of unbranched alkanes of at least 4 members (excludes halogenated alkanes) is 2. The minimum absolute atomic E-state index is 0.351. The minimum Gasteiger partial charge on any atom is -0.497 e. The Bertz CT molecular complexity index is 699. The number of nitrogens with one attached hydrogen (secondary N) is 2. The Balaban J connectivity index is 2.33.